The monoisotopic (exact) mass is 332 g/mol. The van der Waals surface area contributed by atoms with E-state index >= 15 is 0 Å². The van der Waals surface area contributed by atoms with E-state index in [0.717, 1.165) is 11.5 Å². The maximum atomic E-state index is 6.05. The molecule has 2 aromatic carbocycles. The van der Waals surface area contributed by atoms with Crippen molar-refractivity contribution < 1.29 is 9.47 Å². The number of fused-ring (bicyclic) bond motifs is 1. The summed E-state index contributed by atoms with van der Waals surface area (Å²) in [5.41, 5.74) is 3.82. The zero-order valence-corrected chi connectivity index (χ0v) is 13.2. The Morgan fingerprint density at radius 1 is 1.05 bits per heavy atom. The lowest BCUT2D eigenvalue weighted by molar-refractivity contribution is 0.0904. The first-order valence-electron chi connectivity index (χ1n) is 6.75. The van der Waals surface area contributed by atoms with E-state index in [0.29, 0.717) is 6.61 Å². The summed E-state index contributed by atoms with van der Waals surface area (Å²) in [6.07, 6.45) is -0.0213. The Kier molecular flexibility index (Phi) is 3.70. The number of benzene rings is 2. The third-order valence-electron chi connectivity index (χ3n) is 3.71. The lowest BCUT2D eigenvalue weighted by Crippen LogP contribution is -2.32. The second kappa shape index (κ2) is 5.49. The molecule has 1 aliphatic rings. The molecule has 3 heteroatoms. The molecule has 104 valence electrons. The molecule has 0 aliphatic carbocycles. The molecule has 0 saturated heterocycles. The molecule has 2 aromatic rings. The molecule has 2 unspecified atom stereocenters. The minimum Gasteiger partial charge on any atom is -0.486 e. The van der Waals surface area contributed by atoms with Gasteiger partial charge in [0, 0.05) is 0 Å². The van der Waals surface area contributed by atoms with Crippen molar-refractivity contribution in [2.45, 2.75) is 24.8 Å². The van der Waals surface area contributed by atoms with Gasteiger partial charge >= 0.3 is 0 Å². The van der Waals surface area contributed by atoms with Gasteiger partial charge in [-0.2, -0.15) is 0 Å². The highest BCUT2D eigenvalue weighted by Gasteiger charge is 2.28. The van der Waals surface area contributed by atoms with Gasteiger partial charge in [-0.1, -0.05) is 46.3 Å². The lowest BCUT2D eigenvalue weighted by atomic mass is 10.0. The molecule has 0 amide bonds. The molecule has 2 atom stereocenters. The smallest absolute Gasteiger partial charge is 0.161 e. The zero-order valence-electron chi connectivity index (χ0n) is 11.6. The second-order valence-corrected chi connectivity index (χ2v) is 6.15. The van der Waals surface area contributed by atoms with Crippen LogP contribution in [0.1, 0.15) is 21.5 Å². The van der Waals surface area contributed by atoms with Crippen molar-refractivity contribution in [3.8, 4) is 11.5 Å². The van der Waals surface area contributed by atoms with Crippen LogP contribution in [-0.2, 0) is 0 Å². The van der Waals surface area contributed by atoms with Crippen LogP contribution in [0.5, 0.6) is 11.5 Å². The number of alkyl halides is 1. The van der Waals surface area contributed by atoms with E-state index in [-0.39, 0.29) is 10.9 Å². The lowest BCUT2D eigenvalue weighted by Gasteiger charge is -2.30. The Labute approximate surface area is 127 Å². The van der Waals surface area contributed by atoms with Crippen LogP contribution in [0.2, 0.25) is 0 Å². The van der Waals surface area contributed by atoms with Crippen molar-refractivity contribution in [3.63, 3.8) is 0 Å². The summed E-state index contributed by atoms with van der Waals surface area (Å²) in [5.74, 6) is 1.64. The summed E-state index contributed by atoms with van der Waals surface area (Å²) >= 11 is 3.75. The first kappa shape index (κ1) is 13.5. The first-order valence-corrected chi connectivity index (χ1v) is 7.66. The summed E-state index contributed by atoms with van der Waals surface area (Å²) in [5, 5.41) is 0. The SMILES string of the molecule is Cc1ccc(C(Br)C2COc3ccccc3O2)cc1C. The van der Waals surface area contributed by atoms with Crippen LogP contribution in [0.3, 0.4) is 0 Å². The fourth-order valence-electron chi connectivity index (χ4n) is 2.33. The fraction of sp³-hybridized carbons (Fsp3) is 0.294. The maximum absolute atomic E-state index is 6.05. The van der Waals surface area contributed by atoms with E-state index < -0.39 is 0 Å². The molecule has 0 saturated carbocycles. The normalized spacial score (nSPS) is 18.6. The minimum absolute atomic E-state index is 0.0213. The van der Waals surface area contributed by atoms with Crippen molar-refractivity contribution in [1.82, 2.24) is 0 Å². The Bertz CT molecular complexity index is 624. The molecule has 1 heterocycles. The van der Waals surface area contributed by atoms with Crippen LogP contribution >= 0.6 is 15.9 Å². The van der Waals surface area contributed by atoms with Crippen molar-refractivity contribution in [1.29, 1.82) is 0 Å². The molecular weight excluding hydrogens is 316 g/mol. The number of aryl methyl sites for hydroxylation is 2. The van der Waals surface area contributed by atoms with Crippen molar-refractivity contribution in [3.05, 3.63) is 59.2 Å². The average molecular weight is 333 g/mol. The van der Waals surface area contributed by atoms with Gasteiger partial charge in [0.1, 0.15) is 12.7 Å². The largest absolute Gasteiger partial charge is 0.486 e. The topological polar surface area (TPSA) is 18.5 Å². The van der Waals surface area contributed by atoms with E-state index in [9.17, 15) is 0 Å². The summed E-state index contributed by atoms with van der Waals surface area (Å²) in [7, 11) is 0. The second-order valence-electron chi connectivity index (χ2n) is 5.16. The molecule has 0 N–H and O–H groups in total. The van der Waals surface area contributed by atoms with Gasteiger partial charge in [0.15, 0.2) is 11.5 Å². The van der Waals surface area contributed by atoms with Gasteiger partial charge < -0.3 is 9.47 Å². The standard InChI is InChI=1S/C17H17BrO2/c1-11-7-8-13(9-12(11)2)17(18)16-10-19-14-5-3-4-6-15(14)20-16/h3-9,16-17H,10H2,1-2H3. The Morgan fingerprint density at radius 2 is 1.80 bits per heavy atom. The van der Waals surface area contributed by atoms with Gasteiger partial charge in [-0.15, -0.1) is 0 Å². The third kappa shape index (κ3) is 2.55. The average Bonchev–Trinajstić information content (AvgIpc) is 2.49. The quantitative estimate of drug-likeness (QED) is 0.749. The molecule has 1 aliphatic heterocycles. The molecule has 20 heavy (non-hydrogen) atoms. The number of para-hydroxylation sites is 2. The molecule has 2 nitrogen and oxygen atoms in total. The highest BCUT2D eigenvalue weighted by atomic mass is 79.9. The predicted molar refractivity (Wildman–Crippen MR) is 83.9 cm³/mol. The minimum atomic E-state index is -0.0213. The Balaban J connectivity index is 1.82. The van der Waals surface area contributed by atoms with Gasteiger partial charge in [0.05, 0.1) is 4.83 Å². The van der Waals surface area contributed by atoms with E-state index in [1.54, 1.807) is 0 Å². The summed E-state index contributed by atoms with van der Waals surface area (Å²) in [6, 6.07) is 14.3. The number of hydrogen-bond donors (Lipinski definition) is 0. The van der Waals surface area contributed by atoms with Gasteiger partial charge in [-0.25, -0.2) is 0 Å². The highest BCUT2D eigenvalue weighted by molar-refractivity contribution is 9.09. The van der Waals surface area contributed by atoms with Crippen LogP contribution in [-0.4, -0.2) is 12.7 Å². The molecule has 0 bridgehead atoms. The van der Waals surface area contributed by atoms with Crippen LogP contribution in [0.4, 0.5) is 0 Å². The molecule has 0 fully saturated rings. The van der Waals surface area contributed by atoms with Crippen LogP contribution in [0.25, 0.3) is 0 Å². The molecule has 0 radical (unpaired) electrons. The van der Waals surface area contributed by atoms with Crippen molar-refractivity contribution in [2.24, 2.45) is 0 Å². The van der Waals surface area contributed by atoms with Crippen LogP contribution in [0.15, 0.2) is 42.5 Å². The van der Waals surface area contributed by atoms with E-state index in [4.69, 9.17) is 9.47 Å². The Hall–Kier alpha value is -1.48. The first-order chi connectivity index (χ1) is 9.65. The fourth-order valence-corrected chi connectivity index (χ4v) is 2.88. The Morgan fingerprint density at radius 3 is 2.55 bits per heavy atom. The van der Waals surface area contributed by atoms with Crippen molar-refractivity contribution in [2.75, 3.05) is 6.61 Å². The summed E-state index contributed by atoms with van der Waals surface area (Å²) < 4.78 is 11.8. The summed E-state index contributed by atoms with van der Waals surface area (Å²) in [6.45, 7) is 4.81. The van der Waals surface area contributed by atoms with Gasteiger partial charge in [0.2, 0.25) is 0 Å². The molecule has 0 aromatic heterocycles. The summed E-state index contributed by atoms with van der Waals surface area (Å²) in [4.78, 5) is 0.121. The molecular formula is C17H17BrO2. The van der Waals surface area contributed by atoms with Gasteiger partial charge in [-0.05, 0) is 42.7 Å². The molecule has 0 spiro atoms. The van der Waals surface area contributed by atoms with Crippen LogP contribution in [0, 0.1) is 13.8 Å². The van der Waals surface area contributed by atoms with Crippen molar-refractivity contribution >= 4 is 15.9 Å². The maximum Gasteiger partial charge on any atom is 0.161 e. The molecule has 3 rings (SSSR count). The predicted octanol–water partition coefficient (Wildman–Crippen LogP) is 4.58. The number of rotatable bonds is 2. The zero-order chi connectivity index (χ0) is 14.1. The van der Waals surface area contributed by atoms with Crippen LogP contribution < -0.4 is 9.47 Å². The van der Waals surface area contributed by atoms with E-state index in [1.807, 2.05) is 24.3 Å². The van der Waals surface area contributed by atoms with Gasteiger partial charge in [0.25, 0.3) is 0 Å². The van der Waals surface area contributed by atoms with E-state index in [2.05, 4.69) is 48.0 Å². The number of halogens is 1. The number of hydrogen-bond acceptors (Lipinski definition) is 2. The van der Waals surface area contributed by atoms with Gasteiger partial charge in [-0.3, -0.25) is 0 Å². The van der Waals surface area contributed by atoms with E-state index in [1.165, 1.54) is 16.7 Å². The third-order valence-corrected chi connectivity index (χ3v) is 4.82. The highest BCUT2D eigenvalue weighted by Crippen LogP contribution is 2.37. The number of ether oxygens (including phenoxy) is 2.